The number of fused-ring (bicyclic) bond motifs is 1. The van der Waals surface area contributed by atoms with Crippen LogP contribution in [0.5, 0.6) is 0 Å². The summed E-state index contributed by atoms with van der Waals surface area (Å²) in [6.07, 6.45) is -0.0134. The van der Waals surface area contributed by atoms with Crippen molar-refractivity contribution in [3.05, 3.63) is 70.8 Å². The van der Waals surface area contributed by atoms with Gasteiger partial charge < -0.3 is 20.5 Å². The van der Waals surface area contributed by atoms with Crippen LogP contribution in [-0.2, 0) is 24.2 Å². The Kier molecular flexibility index (Phi) is 5.90. The number of aliphatic hydroxyl groups is 1. The molecule has 1 fully saturated rings. The largest absolute Gasteiger partial charge is 0.390 e. The fourth-order valence-corrected chi connectivity index (χ4v) is 4.00. The third kappa shape index (κ3) is 4.35. The van der Waals surface area contributed by atoms with Gasteiger partial charge in [0.05, 0.1) is 25.4 Å². The molecule has 2 amide bonds. The number of amides is 2. The first-order valence-electron chi connectivity index (χ1n) is 9.88. The Balaban J connectivity index is 1.35. The van der Waals surface area contributed by atoms with E-state index in [0.717, 1.165) is 49.5 Å². The zero-order chi connectivity index (χ0) is 19.3. The molecule has 1 saturated heterocycles. The molecule has 0 aromatic heterocycles. The lowest BCUT2D eigenvalue weighted by molar-refractivity contribution is 0.0341. The minimum absolute atomic E-state index is 0.262. The fraction of sp³-hybridized carbons (Fsp3) is 0.409. The summed E-state index contributed by atoms with van der Waals surface area (Å²) in [4.78, 5) is 14.8. The molecule has 148 valence electrons. The van der Waals surface area contributed by atoms with Gasteiger partial charge in [0, 0.05) is 32.6 Å². The number of benzene rings is 2. The molecule has 1 aliphatic carbocycles. The van der Waals surface area contributed by atoms with Crippen molar-refractivity contribution in [2.75, 3.05) is 26.3 Å². The fourth-order valence-electron chi connectivity index (χ4n) is 4.00. The summed E-state index contributed by atoms with van der Waals surface area (Å²) in [6, 6.07) is 15.4. The van der Waals surface area contributed by atoms with Gasteiger partial charge in [-0.1, -0.05) is 48.5 Å². The van der Waals surface area contributed by atoms with Gasteiger partial charge in [0.25, 0.3) is 0 Å². The predicted octanol–water partition coefficient (Wildman–Crippen LogP) is 1.98. The van der Waals surface area contributed by atoms with Crippen molar-refractivity contribution in [1.29, 1.82) is 0 Å². The van der Waals surface area contributed by atoms with Crippen LogP contribution in [0, 0.1) is 0 Å². The number of aliphatic hydroxyl groups excluding tert-OH is 1. The first-order chi connectivity index (χ1) is 13.7. The first kappa shape index (κ1) is 18.9. The topological polar surface area (TPSA) is 73.8 Å². The molecule has 0 radical (unpaired) electrons. The van der Waals surface area contributed by atoms with E-state index in [0.29, 0.717) is 13.0 Å². The van der Waals surface area contributed by atoms with Gasteiger partial charge in [-0.3, -0.25) is 4.90 Å². The Morgan fingerprint density at radius 3 is 2.61 bits per heavy atom. The van der Waals surface area contributed by atoms with Gasteiger partial charge in [-0.05, 0) is 22.3 Å². The molecule has 2 aromatic rings. The van der Waals surface area contributed by atoms with Crippen molar-refractivity contribution >= 4 is 6.03 Å². The second-order valence-corrected chi connectivity index (χ2v) is 7.43. The number of ether oxygens (including phenoxy) is 1. The SMILES string of the molecule is O=C(NCc1ccccc1CN1CCOCC1)NC1c2ccccc2CC1O. The molecular formula is C22H27N3O3. The molecule has 4 rings (SSSR count). The maximum absolute atomic E-state index is 12.5. The van der Waals surface area contributed by atoms with Crippen molar-refractivity contribution in [3.8, 4) is 0 Å². The number of hydrogen-bond acceptors (Lipinski definition) is 4. The lowest BCUT2D eigenvalue weighted by atomic mass is 10.1. The van der Waals surface area contributed by atoms with Crippen LogP contribution in [-0.4, -0.2) is 48.4 Å². The molecule has 2 aromatic carbocycles. The molecule has 0 spiro atoms. The van der Waals surface area contributed by atoms with E-state index in [9.17, 15) is 9.90 Å². The standard InChI is InChI=1S/C22H27N3O3/c26-20-13-16-5-3-4-8-19(16)21(20)24-22(27)23-14-17-6-1-2-7-18(17)15-25-9-11-28-12-10-25/h1-8,20-21,26H,9-15H2,(H2,23,24,27). The average molecular weight is 381 g/mol. The maximum Gasteiger partial charge on any atom is 0.315 e. The minimum Gasteiger partial charge on any atom is -0.390 e. The number of nitrogens with one attached hydrogen (secondary N) is 2. The van der Waals surface area contributed by atoms with Crippen LogP contribution in [0.3, 0.4) is 0 Å². The first-order valence-corrected chi connectivity index (χ1v) is 9.88. The lowest BCUT2D eigenvalue weighted by Gasteiger charge is -2.27. The quantitative estimate of drug-likeness (QED) is 0.740. The highest BCUT2D eigenvalue weighted by molar-refractivity contribution is 5.74. The molecule has 0 bridgehead atoms. The molecule has 28 heavy (non-hydrogen) atoms. The highest BCUT2D eigenvalue weighted by Gasteiger charge is 2.31. The normalized spacial score (nSPS) is 21.9. The van der Waals surface area contributed by atoms with Gasteiger partial charge in [0.2, 0.25) is 0 Å². The molecule has 6 heteroatoms. The van der Waals surface area contributed by atoms with E-state index in [1.165, 1.54) is 5.56 Å². The summed E-state index contributed by atoms with van der Waals surface area (Å²) >= 11 is 0. The van der Waals surface area contributed by atoms with Gasteiger partial charge in [0.1, 0.15) is 0 Å². The van der Waals surface area contributed by atoms with Gasteiger partial charge >= 0.3 is 6.03 Å². The Bertz CT molecular complexity index is 820. The number of urea groups is 1. The van der Waals surface area contributed by atoms with Gasteiger partial charge in [-0.15, -0.1) is 0 Å². The molecule has 6 nitrogen and oxygen atoms in total. The molecule has 2 atom stereocenters. The number of rotatable bonds is 5. The summed E-state index contributed by atoms with van der Waals surface area (Å²) < 4.78 is 5.42. The summed E-state index contributed by atoms with van der Waals surface area (Å²) in [5.74, 6) is 0. The lowest BCUT2D eigenvalue weighted by Crippen LogP contribution is -2.41. The van der Waals surface area contributed by atoms with Gasteiger partial charge in [-0.2, -0.15) is 0 Å². The predicted molar refractivity (Wildman–Crippen MR) is 107 cm³/mol. The zero-order valence-corrected chi connectivity index (χ0v) is 15.9. The Labute approximate surface area is 165 Å². The van der Waals surface area contributed by atoms with Gasteiger partial charge in [-0.25, -0.2) is 4.79 Å². The van der Waals surface area contributed by atoms with Crippen LogP contribution in [0.4, 0.5) is 4.79 Å². The van der Waals surface area contributed by atoms with Crippen molar-refractivity contribution in [1.82, 2.24) is 15.5 Å². The van der Waals surface area contributed by atoms with E-state index in [1.807, 2.05) is 36.4 Å². The Morgan fingerprint density at radius 1 is 1.07 bits per heavy atom. The molecular weight excluding hydrogens is 354 g/mol. The summed E-state index contributed by atoms with van der Waals surface area (Å²) in [7, 11) is 0. The second kappa shape index (κ2) is 8.73. The van der Waals surface area contributed by atoms with Crippen LogP contribution in [0.2, 0.25) is 0 Å². The Hall–Kier alpha value is -2.41. The van der Waals surface area contributed by atoms with Crippen molar-refractivity contribution in [3.63, 3.8) is 0 Å². The number of nitrogens with zero attached hydrogens (tertiary/aromatic N) is 1. The maximum atomic E-state index is 12.5. The van der Waals surface area contributed by atoms with Crippen molar-refractivity contribution < 1.29 is 14.6 Å². The Morgan fingerprint density at radius 2 is 1.79 bits per heavy atom. The molecule has 1 aliphatic heterocycles. The monoisotopic (exact) mass is 381 g/mol. The molecule has 2 unspecified atom stereocenters. The van der Waals surface area contributed by atoms with Crippen LogP contribution in [0.15, 0.2) is 48.5 Å². The van der Waals surface area contributed by atoms with E-state index in [1.54, 1.807) is 0 Å². The third-order valence-electron chi connectivity index (χ3n) is 5.55. The third-order valence-corrected chi connectivity index (χ3v) is 5.55. The van der Waals surface area contributed by atoms with Crippen molar-refractivity contribution in [2.45, 2.75) is 31.7 Å². The highest BCUT2D eigenvalue weighted by Crippen LogP contribution is 2.31. The number of morpholine rings is 1. The summed E-state index contributed by atoms with van der Waals surface area (Å²) in [5, 5.41) is 16.2. The summed E-state index contributed by atoms with van der Waals surface area (Å²) in [6.45, 7) is 4.72. The van der Waals surface area contributed by atoms with E-state index < -0.39 is 6.10 Å². The van der Waals surface area contributed by atoms with E-state index in [2.05, 4.69) is 27.7 Å². The van der Waals surface area contributed by atoms with Crippen LogP contribution in [0.25, 0.3) is 0 Å². The van der Waals surface area contributed by atoms with E-state index in [4.69, 9.17) is 4.74 Å². The number of carbonyl (C=O) groups excluding carboxylic acids is 1. The summed E-state index contributed by atoms with van der Waals surface area (Å²) in [5.41, 5.74) is 4.42. The molecule has 0 saturated carbocycles. The molecule has 1 heterocycles. The number of hydrogen-bond donors (Lipinski definition) is 3. The number of carbonyl (C=O) groups is 1. The zero-order valence-electron chi connectivity index (χ0n) is 15.9. The average Bonchev–Trinajstić information content (AvgIpc) is 3.03. The van der Waals surface area contributed by atoms with Crippen LogP contribution in [0.1, 0.15) is 28.3 Å². The van der Waals surface area contributed by atoms with Crippen molar-refractivity contribution in [2.24, 2.45) is 0 Å². The highest BCUT2D eigenvalue weighted by atomic mass is 16.5. The van der Waals surface area contributed by atoms with Crippen LogP contribution < -0.4 is 10.6 Å². The smallest absolute Gasteiger partial charge is 0.315 e. The second-order valence-electron chi connectivity index (χ2n) is 7.43. The van der Waals surface area contributed by atoms with E-state index in [-0.39, 0.29) is 12.1 Å². The minimum atomic E-state index is -0.586. The van der Waals surface area contributed by atoms with Crippen LogP contribution >= 0.6 is 0 Å². The van der Waals surface area contributed by atoms with Gasteiger partial charge in [0.15, 0.2) is 0 Å². The molecule has 2 aliphatic rings. The molecule has 3 N–H and O–H groups in total. The van der Waals surface area contributed by atoms with E-state index >= 15 is 0 Å².